The molecule has 0 heterocycles. The van der Waals surface area contributed by atoms with E-state index in [0.29, 0.717) is 5.75 Å². The Morgan fingerprint density at radius 2 is 1.67 bits per heavy atom. The van der Waals surface area contributed by atoms with Crippen molar-refractivity contribution in [1.82, 2.24) is 0 Å². The fourth-order valence-electron chi connectivity index (χ4n) is 2.56. The van der Waals surface area contributed by atoms with Crippen LogP contribution in [0.5, 0.6) is 5.75 Å². The van der Waals surface area contributed by atoms with Crippen molar-refractivity contribution in [2.45, 2.75) is 19.9 Å². The topological polar surface area (TPSA) is 32.3 Å². The van der Waals surface area contributed by atoms with Gasteiger partial charge >= 0.3 is 0 Å². The Labute approximate surface area is 125 Å². The molecule has 0 bridgehead atoms. The second-order valence-electron chi connectivity index (χ2n) is 5.47. The summed E-state index contributed by atoms with van der Waals surface area (Å²) in [6.45, 7) is 4.05. The molecule has 21 heavy (non-hydrogen) atoms. The smallest absolute Gasteiger partial charge is 0.118 e. The number of benzene rings is 3. The fourth-order valence-corrected chi connectivity index (χ4v) is 2.56. The van der Waals surface area contributed by atoms with Crippen LogP contribution in [-0.4, -0.2) is 5.11 Å². The van der Waals surface area contributed by atoms with Gasteiger partial charge < -0.3 is 10.4 Å². The summed E-state index contributed by atoms with van der Waals surface area (Å²) in [5.41, 5.74) is 3.15. The largest absolute Gasteiger partial charge is 0.508 e. The summed E-state index contributed by atoms with van der Waals surface area (Å²) in [5, 5.41) is 15.6. The zero-order valence-corrected chi connectivity index (χ0v) is 12.3. The van der Waals surface area contributed by atoms with Crippen molar-refractivity contribution < 1.29 is 5.11 Å². The lowest BCUT2D eigenvalue weighted by atomic mass is 10.0. The van der Waals surface area contributed by atoms with Crippen molar-refractivity contribution in [3.05, 3.63) is 71.8 Å². The number of aromatic hydroxyl groups is 1. The van der Waals surface area contributed by atoms with Crippen molar-refractivity contribution in [3.63, 3.8) is 0 Å². The SMILES string of the molecule is Cc1cc(NC(C)c2ccc3ccccc3c2)ccc1O. The maximum absolute atomic E-state index is 9.59. The van der Waals surface area contributed by atoms with Crippen LogP contribution in [-0.2, 0) is 0 Å². The summed E-state index contributed by atoms with van der Waals surface area (Å²) in [6.07, 6.45) is 0. The molecule has 0 amide bonds. The van der Waals surface area contributed by atoms with Crippen LogP contribution in [0.2, 0.25) is 0 Å². The van der Waals surface area contributed by atoms with E-state index in [1.807, 2.05) is 19.1 Å². The molecule has 2 N–H and O–H groups in total. The van der Waals surface area contributed by atoms with E-state index in [0.717, 1.165) is 11.3 Å². The van der Waals surface area contributed by atoms with Gasteiger partial charge in [0.15, 0.2) is 0 Å². The summed E-state index contributed by atoms with van der Waals surface area (Å²) in [4.78, 5) is 0. The lowest BCUT2D eigenvalue weighted by Crippen LogP contribution is -2.06. The minimum Gasteiger partial charge on any atom is -0.508 e. The van der Waals surface area contributed by atoms with Gasteiger partial charge in [0, 0.05) is 11.7 Å². The third-order valence-corrected chi connectivity index (χ3v) is 3.85. The summed E-state index contributed by atoms with van der Waals surface area (Å²) >= 11 is 0. The van der Waals surface area contributed by atoms with E-state index in [4.69, 9.17) is 0 Å². The first-order valence-electron chi connectivity index (χ1n) is 7.18. The average molecular weight is 277 g/mol. The van der Waals surface area contributed by atoms with E-state index in [-0.39, 0.29) is 6.04 Å². The monoisotopic (exact) mass is 277 g/mol. The first-order chi connectivity index (χ1) is 10.1. The van der Waals surface area contributed by atoms with Gasteiger partial charge in [0.05, 0.1) is 0 Å². The van der Waals surface area contributed by atoms with Crippen molar-refractivity contribution in [2.24, 2.45) is 0 Å². The standard InChI is InChI=1S/C19H19NO/c1-13-11-18(9-10-19(13)21)20-14(2)16-8-7-15-5-3-4-6-17(15)12-16/h3-12,14,20-21H,1-2H3. The predicted octanol–water partition coefficient (Wildman–Crippen LogP) is 5.03. The van der Waals surface area contributed by atoms with E-state index >= 15 is 0 Å². The molecule has 0 aliphatic rings. The molecule has 0 spiro atoms. The quantitative estimate of drug-likeness (QED) is 0.658. The zero-order chi connectivity index (χ0) is 14.8. The van der Waals surface area contributed by atoms with E-state index in [1.165, 1.54) is 16.3 Å². The normalized spacial score (nSPS) is 12.3. The van der Waals surface area contributed by atoms with Crippen molar-refractivity contribution in [1.29, 1.82) is 0 Å². The molecule has 1 unspecified atom stereocenters. The highest BCUT2D eigenvalue weighted by molar-refractivity contribution is 5.83. The Bertz CT molecular complexity index is 779. The number of phenols is 1. The number of fused-ring (bicyclic) bond motifs is 1. The van der Waals surface area contributed by atoms with Gasteiger partial charge in [-0.25, -0.2) is 0 Å². The van der Waals surface area contributed by atoms with Gasteiger partial charge in [-0.05, 0) is 60.0 Å². The van der Waals surface area contributed by atoms with Crippen LogP contribution in [0.3, 0.4) is 0 Å². The summed E-state index contributed by atoms with van der Waals surface area (Å²) < 4.78 is 0. The number of anilines is 1. The van der Waals surface area contributed by atoms with Crippen LogP contribution >= 0.6 is 0 Å². The minimum absolute atomic E-state index is 0.207. The number of nitrogens with one attached hydrogen (secondary N) is 1. The first kappa shape index (κ1) is 13.5. The second-order valence-corrected chi connectivity index (χ2v) is 5.47. The van der Waals surface area contributed by atoms with Gasteiger partial charge in [0.2, 0.25) is 0 Å². The molecule has 0 fully saturated rings. The Morgan fingerprint density at radius 1 is 0.905 bits per heavy atom. The summed E-state index contributed by atoms with van der Waals surface area (Å²) in [7, 11) is 0. The number of hydrogen-bond acceptors (Lipinski definition) is 2. The number of phenolic OH excluding ortho intramolecular Hbond substituents is 1. The van der Waals surface area contributed by atoms with Gasteiger partial charge in [-0.3, -0.25) is 0 Å². The van der Waals surface area contributed by atoms with Gasteiger partial charge in [0.25, 0.3) is 0 Å². The Kier molecular flexibility index (Phi) is 3.53. The molecular weight excluding hydrogens is 258 g/mol. The van der Waals surface area contributed by atoms with Gasteiger partial charge in [0.1, 0.15) is 5.75 Å². The maximum Gasteiger partial charge on any atom is 0.118 e. The van der Waals surface area contributed by atoms with Crippen LogP contribution in [0.1, 0.15) is 24.1 Å². The van der Waals surface area contributed by atoms with Gasteiger partial charge in [-0.1, -0.05) is 36.4 Å². The molecule has 0 aliphatic carbocycles. The van der Waals surface area contributed by atoms with E-state index in [9.17, 15) is 5.11 Å². The van der Waals surface area contributed by atoms with E-state index in [2.05, 4.69) is 54.7 Å². The first-order valence-corrected chi connectivity index (χ1v) is 7.18. The molecule has 2 heteroatoms. The second kappa shape index (κ2) is 5.49. The lowest BCUT2D eigenvalue weighted by molar-refractivity contribution is 0.471. The molecule has 3 rings (SSSR count). The van der Waals surface area contributed by atoms with Crippen LogP contribution < -0.4 is 5.32 Å². The molecule has 0 radical (unpaired) electrons. The molecular formula is C19H19NO. The third kappa shape index (κ3) is 2.84. The Balaban J connectivity index is 1.85. The van der Waals surface area contributed by atoms with Gasteiger partial charge in [-0.2, -0.15) is 0 Å². The van der Waals surface area contributed by atoms with Gasteiger partial charge in [-0.15, -0.1) is 0 Å². The molecule has 0 saturated carbocycles. The van der Waals surface area contributed by atoms with E-state index in [1.54, 1.807) is 6.07 Å². The molecule has 1 atom stereocenters. The lowest BCUT2D eigenvalue weighted by Gasteiger charge is -2.17. The van der Waals surface area contributed by atoms with Crippen LogP contribution in [0.4, 0.5) is 5.69 Å². The molecule has 0 aromatic heterocycles. The summed E-state index contributed by atoms with van der Waals surface area (Å²) in [6, 6.07) is 20.7. The highest BCUT2D eigenvalue weighted by Crippen LogP contribution is 2.26. The van der Waals surface area contributed by atoms with E-state index < -0.39 is 0 Å². The number of rotatable bonds is 3. The van der Waals surface area contributed by atoms with Crippen LogP contribution in [0.25, 0.3) is 10.8 Å². The molecule has 106 valence electrons. The van der Waals surface area contributed by atoms with Crippen LogP contribution in [0.15, 0.2) is 60.7 Å². The van der Waals surface area contributed by atoms with Crippen molar-refractivity contribution in [2.75, 3.05) is 5.32 Å². The predicted molar refractivity (Wildman–Crippen MR) is 88.8 cm³/mol. The van der Waals surface area contributed by atoms with Crippen molar-refractivity contribution >= 4 is 16.5 Å². The third-order valence-electron chi connectivity index (χ3n) is 3.85. The highest BCUT2D eigenvalue weighted by atomic mass is 16.3. The fraction of sp³-hybridized carbons (Fsp3) is 0.158. The maximum atomic E-state index is 9.59. The molecule has 0 aliphatic heterocycles. The van der Waals surface area contributed by atoms with Crippen LogP contribution in [0, 0.1) is 6.92 Å². The highest BCUT2D eigenvalue weighted by Gasteiger charge is 2.07. The Morgan fingerprint density at radius 3 is 2.43 bits per heavy atom. The molecule has 3 aromatic carbocycles. The molecule has 2 nitrogen and oxygen atoms in total. The minimum atomic E-state index is 0.207. The average Bonchev–Trinajstić information content (AvgIpc) is 2.50. The van der Waals surface area contributed by atoms with Crippen molar-refractivity contribution in [3.8, 4) is 5.75 Å². The number of hydrogen-bond donors (Lipinski definition) is 2. The Hall–Kier alpha value is -2.48. The molecule has 0 saturated heterocycles. The molecule has 3 aromatic rings. The summed E-state index contributed by atoms with van der Waals surface area (Å²) in [5.74, 6) is 0.332. The zero-order valence-electron chi connectivity index (χ0n) is 12.3. The number of aryl methyl sites for hydroxylation is 1.